The molecule has 0 unspecified atom stereocenters. The second-order valence-electron chi connectivity index (χ2n) is 5.82. The maximum atomic E-state index is 12.6. The lowest BCUT2D eigenvalue weighted by atomic mass is 9.95. The third-order valence-electron chi connectivity index (χ3n) is 4.18. The maximum Gasteiger partial charge on any atom is 0.231 e. The summed E-state index contributed by atoms with van der Waals surface area (Å²) in [6, 6.07) is 18.7. The number of nitrogens with zero attached hydrogens (tertiary/aromatic N) is 2. The van der Waals surface area contributed by atoms with E-state index in [0.717, 1.165) is 16.5 Å². The zero-order valence-corrected chi connectivity index (χ0v) is 13.3. The fourth-order valence-electron chi connectivity index (χ4n) is 2.90. The minimum Gasteiger partial charge on any atom is -0.454 e. The van der Waals surface area contributed by atoms with Crippen LogP contribution in [0.5, 0.6) is 11.5 Å². The Labute approximate surface area is 144 Å². The molecular formula is C20H14N2O3. The first kappa shape index (κ1) is 15.2. The topological polar surface area (TPSA) is 72.2 Å². The molecule has 0 bridgehead atoms. The van der Waals surface area contributed by atoms with Crippen LogP contribution >= 0.6 is 0 Å². The lowest BCUT2D eigenvalue weighted by Gasteiger charge is -2.09. The van der Waals surface area contributed by atoms with Crippen LogP contribution < -0.4 is 9.47 Å². The number of benzene rings is 2. The molecule has 1 aliphatic heterocycles. The van der Waals surface area contributed by atoms with Gasteiger partial charge >= 0.3 is 0 Å². The molecule has 0 amide bonds. The van der Waals surface area contributed by atoms with Gasteiger partial charge in [-0.05, 0) is 29.8 Å². The zero-order chi connectivity index (χ0) is 17.2. The molecule has 2 aromatic carbocycles. The molecule has 0 N–H and O–H groups in total. The van der Waals surface area contributed by atoms with Crippen molar-refractivity contribution in [3.63, 3.8) is 0 Å². The Bertz CT molecular complexity index is 1010. The van der Waals surface area contributed by atoms with Crippen LogP contribution in [0.1, 0.15) is 17.2 Å². The minimum absolute atomic E-state index is 0.142. The first-order valence-electron chi connectivity index (χ1n) is 7.91. The average Bonchev–Trinajstić information content (AvgIpc) is 3.10. The van der Waals surface area contributed by atoms with Gasteiger partial charge in [-0.25, -0.2) is 0 Å². The molecule has 1 atom stereocenters. The van der Waals surface area contributed by atoms with Crippen LogP contribution in [0.2, 0.25) is 0 Å². The summed E-state index contributed by atoms with van der Waals surface area (Å²) >= 11 is 0. The predicted octanol–water partition coefficient (Wildman–Crippen LogP) is 3.38. The predicted molar refractivity (Wildman–Crippen MR) is 91.4 cm³/mol. The summed E-state index contributed by atoms with van der Waals surface area (Å²) in [5.74, 6) is 0.214. The standard InChI is InChI=1S/C20H14N2O3/c21-11-15(17-7-6-14-3-1-2-4-16(14)22-17)18(23)9-13-5-8-19-20(10-13)25-12-24-19/h1-8,10,15H,9,12H2/t15-/m1/s1. The highest BCUT2D eigenvalue weighted by Gasteiger charge is 2.23. The van der Waals surface area contributed by atoms with Crippen molar-refractivity contribution in [2.45, 2.75) is 12.3 Å². The minimum atomic E-state index is -0.893. The largest absolute Gasteiger partial charge is 0.454 e. The molecule has 4 rings (SSSR count). The summed E-state index contributed by atoms with van der Waals surface area (Å²) in [7, 11) is 0. The van der Waals surface area contributed by atoms with Crippen molar-refractivity contribution in [3.05, 3.63) is 65.9 Å². The average molecular weight is 330 g/mol. The van der Waals surface area contributed by atoms with Crippen molar-refractivity contribution in [3.8, 4) is 17.6 Å². The fourth-order valence-corrected chi connectivity index (χ4v) is 2.90. The summed E-state index contributed by atoms with van der Waals surface area (Å²) in [4.78, 5) is 17.1. The normalized spacial score (nSPS) is 13.4. The van der Waals surface area contributed by atoms with Gasteiger partial charge in [0.1, 0.15) is 5.92 Å². The number of ketones is 1. The zero-order valence-electron chi connectivity index (χ0n) is 13.3. The summed E-state index contributed by atoms with van der Waals surface area (Å²) in [5, 5.41) is 10.5. The Morgan fingerprint density at radius 1 is 1.12 bits per heavy atom. The monoisotopic (exact) mass is 330 g/mol. The summed E-state index contributed by atoms with van der Waals surface area (Å²) < 4.78 is 10.6. The Hall–Kier alpha value is -3.39. The summed E-state index contributed by atoms with van der Waals surface area (Å²) in [5.41, 5.74) is 2.04. The van der Waals surface area contributed by atoms with E-state index < -0.39 is 5.92 Å². The molecule has 1 aromatic heterocycles. The van der Waals surface area contributed by atoms with E-state index in [1.54, 1.807) is 18.2 Å². The van der Waals surface area contributed by atoms with Crippen LogP contribution in [-0.2, 0) is 11.2 Å². The van der Waals surface area contributed by atoms with Crippen molar-refractivity contribution >= 4 is 16.7 Å². The van der Waals surface area contributed by atoms with E-state index in [9.17, 15) is 10.1 Å². The molecule has 25 heavy (non-hydrogen) atoms. The number of hydrogen-bond acceptors (Lipinski definition) is 5. The molecule has 1 aliphatic rings. The molecule has 5 heteroatoms. The molecule has 3 aromatic rings. The maximum absolute atomic E-state index is 12.6. The van der Waals surface area contributed by atoms with E-state index >= 15 is 0 Å². The number of para-hydroxylation sites is 1. The third-order valence-corrected chi connectivity index (χ3v) is 4.18. The molecular weight excluding hydrogens is 316 g/mol. The number of pyridine rings is 1. The Morgan fingerprint density at radius 2 is 1.96 bits per heavy atom. The number of rotatable bonds is 4. The Morgan fingerprint density at radius 3 is 2.84 bits per heavy atom. The van der Waals surface area contributed by atoms with Gasteiger partial charge in [-0.3, -0.25) is 9.78 Å². The van der Waals surface area contributed by atoms with E-state index in [1.807, 2.05) is 36.4 Å². The second kappa shape index (κ2) is 6.25. The molecule has 0 radical (unpaired) electrons. The highest BCUT2D eigenvalue weighted by molar-refractivity contribution is 5.90. The quantitative estimate of drug-likeness (QED) is 0.733. The van der Waals surface area contributed by atoms with E-state index in [0.29, 0.717) is 17.2 Å². The molecule has 2 heterocycles. The summed E-state index contributed by atoms with van der Waals surface area (Å²) in [6.07, 6.45) is 0.142. The van der Waals surface area contributed by atoms with Crippen LogP contribution in [0.3, 0.4) is 0 Å². The van der Waals surface area contributed by atoms with Gasteiger partial charge in [-0.2, -0.15) is 5.26 Å². The first-order chi connectivity index (χ1) is 12.2. The van der Waals surface area contributed by atoms with Gasteiger partial charge in [0.2, 0.25) is 6.79 Å². The number of carbonyl (C=O) groups excluding carboxylic acids is 1. The molecule has 0 saturated carbocycles. The van der Waals surface area contributed by atoms with Crippen LogP contribution in [0.15, 0.2) is 54.6 Å². The third kappa shape index (κ3) is 2.90. The summed E-state index contributed by atoms with van der Waals surface area (Å²) in [6.45, 7) is 0.189. The number of ether oxygens (including phenoxy) is 2. The van der Waals surface area contributed by atoms with Gasteiger partial charge in [0, 0.05) is 11.8 Å². The number of carbonyl (C=O) groups is 1. The molecule has 5 nitrogen and oxygen atoms in total. The van der Waals surface area contributed by atoms with Gasteiger partial charge in [-0.1, -0.05) is 30.3 Å². The highest BCUT2D eigenvalue weighted by atomic mass is 16.7. The van der Waals surface area contributed by atoms with Gasteiger partial charge in [0.25, 0.3) is 0 Å². The van der Waals surface area contributed by atoms with E-state index in [4.69, 9.17) is 9.47 Å². The van der Waals surface area contributed by atoms with Gasteiger partial charge in [0.15, 0.2) is 17.3 Å². The number of hydrogen-bond donors (Lipinski definition) is 0. The number of nitriles is 1. The van der Waals surface area contributed by atoms with Crippen LogP contribution in [-0.4, -0.2) is 17.6 Å². The van der Waals surface area contributed by atoms with Crippen molar-refractivity contribution in [1.82, 2.24) is 4.98 Å². The van der Waals surface area contributed by atoms with Gasteiger partial charge in [-0.15, -0.1) is 0 Å². The van der Waals surface area contributed by atoms with E-state index in [1.165, 1.54) is 0 Å². The molecule has 122 valence electrons. The molecule has 0 saturated heterocycles. The molecule has 0 fully saturated rings. The Kier molecular flexibility index (Phi) is 3.79. The Balaban J connectivity index is 1.59. The van der Waals surface area contributed by atoms with Crippen molar-refractivity contribution in [2.24, 2.45) is 0 Å². The van der Waals surface area contributed by atoms with E-state index in [-0.39, 0.29) is 19.0 Å². The van der Waals surface area contributed by atoms with Crippen molar-refractivity contribution < 1.29 is 14.3 Å². The van der Waals surface area contributed by atoms with Crippen LogP contribution in [0.4, 0.5) is 0 Å². The first-order valence-corrected chi connectivity index (χ1v) is 7.91. The van der Waals surface area contributed by atoms with Crippen LogP contribution in [0.25, 0.3) is 10.9 Å². The van der Waals surface area contributed by atoms with Crippen molar-refractivity contribution in [1.29, 1.82) is 5.26 Å². The van der Waals surface area contributed by atoms with E-state index in [2.05, 4.69) is 11.1 Å². The molecule has 0 aliphatic carbocycles. The lowest BCUT2D eigenvalue weighted by Crippen LogP contribution is -2.15. The lowest BCUT2D eigenvalue weighted by molar-refractivity contribution is -0.118. The van der Waals surface area contributed by atoms with Crippen LogP contribution in [0, 0.1) is 11.3 Å². The molecule has 0 spiro atoms. The van der Waals surface area contributed by atoms with Gasteiger partial charge in [0.05, 0.1) is 17.3 Å². The number of aromatic nitrogens is 1. The second-order valence-corrected chi connectivity index (χ2v) is 5.82. The highest BCUT2D eigenvalue weighted by Crippen LogP contribution is 2.33. The van der Waals surface area contributed by atoms with Crippen molar-refractivity contribution in [2.75, 3.05) is 6.79 Å². The SMILES string of the molecule is N#C[C@@H](C(=O)Cc1ccc2c(c1)OCO2)c1ccc2ccccc2n1. The fraction of sp³-hybridized carbons (Fsp3) is 0.150. The number of fused-ring (bicyclic) bond motifs is 2. The van der Waals surface area contributed by atoms with Gasteiger partial charge < -0.3 is 9.47 Å². The smallest absolute Gasteiger partial charge is 0.231 e. The number of Topliss-reactive ketones (excluding diaryl/α,β-unsaturated/α-hetero) is 1.